The van der Waals surface area contributed by atoms with Gasteiger partial charge in [0.05, 0.1) is 5.02 Å². The Morgan fingerprint density at radius 1 is 1.17 bits per heavy atom. The molecule has 2 rings (SSSR count). The van der Waals surface area contributed by atoms with Crippen LogP contribution in [0.3, 0.4) is 0 Å². The molecule has 1 heterocycles. The second-order valence-electron chi connectivity index (χ2n) is 7.13. The molecule has 0 spiro atoms. The van der Waals surface area contributed by atoms with Crippen molar-refractivity contribution in [3.63, 3.8) is 0 Å². The Balaban J connectivity index is 2.27. The van der Waals surface area contributed by atoms with Gasteiger partial charge in [-0.2, -0.15) is 0 Å². The third-order valence-electron chi connectivity index (χ3n) is 3.69. The Kier molecular flexibility index (Phi) is 7.77. The molecule has 1 amide bonds. The van der Waals surface area contributed by atoms with E-state index in [1.165, 1.54) is 20.2 Å². The molecule has 1 aromatic heterocycles. The molecule has 0 fully saturated rings. The van der Waals surface area contributed by atoms with Crippen molar-refractivity contribution in [2.75, 3.05) is 14.2 Å². The van der Waals surface area contributed by atoms with Crippen LogP contribution >= 0.6 is 11.6 Å². The van der Waals surface area contributed by atoms with E-state index in [9.17, 15) is 9.59 Å². The van der Waals surface area contributed by atoms with Gasteiger partial charge in [0.15, 0.2) is 11.4 Å². The van der Waals surface area contributed by atoms with Gasteiger partial charge in [-0.3, -0.25) is 4.79 Å². The monoisotopic (exact) mass is 433 g/mol. The number of esters is 1. The zero-order valence-corrected chi connectivity index (χ0v) is 18.2. The fourth-order valence-electron chi connectivity index (χ4n) is 2.43. The Labute approximate surface area is 180 Å². The van der Waals surface area contributed by atoms with Crippen LogP contribution in [0, 0.1) is 0 Å². The molecule has 0 atom stereocenters. The third kappa shape index (κ3) is 6.18. The summed E-state index contributed by atoms with van der Waals surface area (Å²) in [4.78, 5) is 33.5. The van der Waals surface area contributed by atoms with E-state index in [1.54, 1.807) is 51.1 Å². The summed E-state index contributed by atoms with van der Waals surface area (Å²) in [7, 11) is 2.86. The number of nitrogens with zero attached hydrogens (tertiary/aromatic N) is 2. The number of carbonyl (C=O) groups excluding carboxylic acids is 2. The molecular formula is C21H24ClN3O5. The van der Waals surface area contributed by atoms with Crippen LogP contribution in [-0.4, -0.2) is 42.3 Å². The molecule has 160 valence electrons. The van der Waals surface area contributed by atoms with Crippen molar-refractivity contribution in [3.8, 4) is 5.88 Å². The number of carbonyl (C=O) groups is 2. The maximum atomic E-state index is 12.3. The number of pyridine rings is 1. The van der Waals surface area contributed by atoms with E-state index in [1.807, 2.05) is 0 Å². The fraction of sp³-hybridized carbons (Fsp3) is 0.333. The summed E-state index contributed by atoms with van der Waals surface area (Å²) < 4.78 is 11.1. The van der Waals surface area contributed by atoms with E-state index < -0.39 is 17.5 Å². The number of halogens is 1. The highest BCUT2D eigenvalue weighted by Crippen LogP contribution is 2.22. The number of nitrogens with one attached hydrogen (secondary N) is 1. The topological polar surface area (TPSA) is 99.1 Å². The SMILES string of the molecule is CNC(=O)/C(=N\OC)c1ccccc1COc1ccc(Cl)c(C(=O)OC(C)(C)C)n1. The van der Waals surface area contributed by atoms with Crippen molar-refractivity contribution in [2.45, 2.75) is 33.0 Å². The molecule has 8 nitrogen and oxygen atoms in total. The molecule has 0 aliphatic rings. The molecule has 1 aromatic carbocycles. The highest BCUT2D eigenvalue weighted by Gasteiger charge is 2.22. The number of benzene rings is 1. The van der Waals surface area contributed by atoms with Gasteiger partial charge >= 0.3 is 5.97 Å². The van der Waals surface area contributed by atoms with E-state index in [0.717, 1.165) is 0 Å². The maximum absolute atomic E-state index is 12.3. The largest absolute Gasteiger partial charge is 0.473 e. The molecular weight excluding hydrogens is 410 g/mol. The Hall–Kier alpha value is -3.13. The minimum Gasteiger partial charge on any atom is -0.473 e. The molecule has 0 radical (unpaired) electrons. The van der Waals surface area contributed by atoms with Crippen LogP contribution in [0.2, 0.25) is 5.02 Å². The summed E-state index contributed by atoms with van der Waals surface area (Å²) in [6.07, 6.45) is 0. The zero-order valence-electron chi connectivity index (χ0n) is 17.5. The van der Waals surface area contributed by atoms with Crippen LogP contribution in [0.15, 0.2) is 41.6 Å². The molecule has 2 aromatic rings. The minimum absolute atomic E-state index is 0.0376. The van der Waals surface area contributed by atoms with Crippen LogP contribution in [0.5, 0.6) is 5.88 Å². The summed E-state index contributed by atoms with van der Waals surface area (Å²) in [5.41, 5.74) is 0.601. The third-order valence-corrected chi connectivity index (χ3v) is 3.99. The highest BCUT2D eigenvalue weighted by atomic mass is 35.5. The molecule has 9 heteroatoms. The van der Waals surface area contributed by atoms with Gasteiger partial charge in [-0.25, -0.2) is 9.78 Å². The smallest absolute Gasteiger partial charge is 0.359 e. The van der Waals surface area contributed by atoms with E-state index in [4.69, 9.17) is 25.9 Å². The Morgan fingerprint density at radius 2 is 1.87 bits per heavy atom. The number of aromatic nitrogens is 1. The summed E-state index contributed by atoms with van der Waals surface area (Å²) in [5.74, 6) is -0.867. The number of ether oxygens (including phenoxy) is 2. The lowest BCUT2D eigenvalue weighted by atomic mass is 10.0. The Bertz CT molecular complexity index is 954. The number of oxime groups is 1. The Morgan fingerprint density at radius 3 is 2.50 bits per heavy atom. The van der Waals surface area contributed by atoms with Gasteiger partial charge in [0.1, 0.15) is 19.3 Å². The van der Waals surface area contributed by atoms with Gasteiger partial charge < -0.3 is 19.6 Å². The van der Waals surface area contributed by atoms with Crippen molar-refractivity contribution < 1.29 is 23.9 Å². The van der Waals surface area contributed by atoms with E-state index >= 15 is 0 Å². The predicted molar refractivity (Wildman–Crippen MR) is 113 cm³/mol. The van der Waals surface area contributed by atoms with Crippen LogP contribution in [-0.2, 0) is 21.0 Å². The number of hydrogen-bond donors (Lipinski definition) is 1. The van der Waals surface area contributed by atoms with E-state index in [-0.39, 0.29) is 28.9 Å². The van der Waals surface area contributed by atoms with Crippen LogP contribution < -0.4 is 10.1 Å². The second kappa shape index (κ2) is 10.1. The van der Waals surface area contributed by atoms with E-state index in [0.29, 0.717) is 11.1 Å². The molecule has 1 N–H and O–H groups in total. The fourth-order valence-corrected chi connectivity index (χ4v) is 2.61. The van der Waals surface area contributed by atoms with Crippen molar-refractivity contribution >= 4 is 29.2 Å². The van der Waals surface area contributed by atoms with Gasteiger partial charge in [-0.1, -0.05) is 41.0 Å². The minimum atomic E-state index is -0.686. The second-order valence-corrected chi connectivity index (χ2v) is 7.54. The molecule has 0 saturated carbocycles. The summed E-state index contributed by atoms with van der Waals surface area (Å²) in [6, 6.07) is 10.1. The van der Waals surface area contributed by atoms with Crippen LogP contribution in [0.25, 0.3) is 0 Å². The first-order valence-corrected chi connectivity index (χ1v) is 9.48. The standard InChI is InChI=1S/C21H24ClN3O5/c1-21(2,3)30-20(27)18-15(22)10-11-16(24-18)29-12-13-8-6-7-9-14(13)17(25-28-5)19(26)23-4/h6-11H,12H2,1-5H3,(H,23,26)/b25-17-. The van der Waals surface area contributed by atoms with Crippen molar-refractivity contribution in [3.05, 3.63) is 58.2 Å². The first kappa shape index (κ1) is 23.2. The predicted octanol–water partition coefficient (Wildman–Crippen LogP) is 3.37. The van der Waals surface area contributed by atoms with Gasteiger partial charge in [0, 0.05) is 18.7 Å². The summed E-state index contributed by atoms with van der Waals surface area (Å²) in [5, 5.41) is 6.50. The quantitative estimate of drug-likeness (QED) is 0.408. The van der Waals surface area contributed by atoms with Gasteiger partial charge in [-0.05, 0) is 32.4 Å². The first-order chi connectivity index (χ1) is 14.2. The number of amides is 1. The molecule has 30 heavy (non-hydrogen) atoms. The maximum Gasteiger partial charge on any atom is 0.359 e. The summed E-state index contributed by atoms with van der Waals surface area (Å²) >= 11 is 6.10. The molecule has 0 aliphatic heterocycles. The average molecular weight is 434 g/mol. The van der Waals surface area contributed by atoms with Gasteiger partial charge in [0.2, 0.25) is 5.88 Å². The van der Waals surface area contributed by atoms with Crippen molar-refractivity contribution in [1.82, 2.24) is 10.3 Å². The van der Waals surface area contributed by atoms with E-state index in [2.05, 4.69) is 15.5 Å². The average Bonchev–Trinajstić information content (AvgIpc) is 2.70. The van der Waals surface area contributed by atoms with Crippen molar-refractivity contribution in [1.29, 1.82) is 0 Å². The van der Waals surface area contributed by atoms with Crippen LogP contribution in [0.1, 0.15) is 42.4 Å². The van der Waals surface area contributed by atoms with Gasteiger partial charge in [0.25, 0.3) is 5.91 Å². The molecule has 0 bridgehead atoms. The normalized spacial score (nSPS) is 11.6. The molecule has 0 unspecified atom stereocenters. The molecule has 0 aliphatic carbocycles. The number of rotatable bonds is 7. The lowest BCUT2D eigenvalue weighted by Gasteiger charge is -2.19. The number of likely N-dealkylation sites (N-methyl/N-ethyl adjacent to an activating group) is 1. The zero-order chi connectivity index (χ0) is 22.3. The van der Waals surface area contributed by atoms with Crippen molar-refractivity contribution in [2.24, 2.45) is 5.16 Å². The lowest BCUT2D eigenvalue weighted by molar-refractivity contribution is -0.114. The lowest BCUT2D eigenvalue weighted by Crippen LogP contribution is -2.29. The number of hydrogen-bond acceptors (Lipinski definition) is 7. The first-order valence-electron chi connectivity index (χ1n) is 9.10. The van der Waals surface area contributed by atoms with Crippen LogP contribution in [0.4, 0.5) is 0 Å². The summed E-state index contributed by atoms with van der Waals surface area (Å²) in [6.45, 7) is 5.32. The molecule has 0 saturated heterocycles. The van der Waals surface area contributed by atoms with Gasteiger partial charge in [-0.15, -0.1) is 0 Å². The highest BCUT2D eigenvalue weighted by molar-refractivity contribution is 6.45.